The maximum Gasteiger partial charge on any atom is 0.142 e. The first kappa shape index (κ1) is 8.39. The Bertz CT molecular complexity index is 309. The smallest absolute Gasteiger partial charge is 0.142 e. The Hall–Kier alpha value is -1.71. The molecule has 2 N–H and O–H groups in total. The number of ether oxygens (including phenoxy) is 1. The van der Waals surface area contributed by atoms with Crippen molar-refractivity contribution in [1.82, 2.24) is 0 Å². The van der Waals surface area contributed by atoms with Crippen molar-refractivity contribution in [1.29, 1.82) is 0 Å². The average Bonchev–Trinajstić information content (AvgIpc) is 2.04. The Morgan fingerprint density at radius 1 is 1.58 bits per heavy atom. The number of carboxylic acids is 1. The number of anilines is 1. The van der Waals surface area contributed by atoms with Crippen molar-refractivity contribution in [3.63, 3.8) is 0 Å². The minimum absolute atomic E-state index is 0.0469. The highest BCUT2D eigenvalue weighted by molar-refractivity contribution is 5.93. The lowest BCUT2D eigenvalue weighted by Gasteiger charge is -2.09. The summed E-state index contributed by atoms with van der Waals surface area (Å²) in [4.78, 5) is 10.4. The molecule has 0 atom stereocenters. The number of carbonyl (C=O) groups excluding carboxylic acids is 1. The van der Waals surface area contributed by atoms with Crippen molar-refractivity contribution < 1.29 is 14.6 Å². The van der Waals surface area contributed by atoms with Crippen molar-refractivity contribution in [3.05, 3.63) is 23.8 Å². The van der Waals surface area contributed by atoms with Gasteiger partial charge in [0.05, 0.1) is 18.8 Å². The van der Waals surface area contributed by atoms with Crippen LogP contribution < -0.4 is 15.6 Å². The molecule has 0 spiro atoms. The molecule has 1 aromatic carbocycles. The maximum absolute atomic E-state index is 10.4. The molecule has 1 aromatic rings. The van der Waals surface area contributed by atoms with Gasteiger partial charge in [-0.1, -0.05) is 12.1 Å². The van der Waals surface area contributed by atoms with Crippen molar-refractivity contribution in [2.24, 2.45) is 0 Å². The Balaban J connectivity index is 3.23. The van der Waals surface area contributed by atoms with Crippen LogP contribution in [0.5, 0.6) is 5.75 Å². The van der Waals surface area contributed by atoms with E-state index < -0.39 is 5.97 Å². The predicted molar refractivity (Wildman–Crippen MR) is 41.7 cm³/mol. The Morgan fingerprint density at radius 2 is 2.25 bits per heavy atom. The lowest BCUT2D eigenvalue weighted by atomic mass is 10.2. The molecule has 0 unspecified atom stereocenters. The summed E-state index contributed by atoms with van der Waals surface area (Å²) in [6.07, 6.45) is 0. The van der Waals surface area contributed by atoms with Gasteiger partial charge in [0.25, 0.3) is 0 Å². The maximum atomic E-state index is 10.4. The fraction of sp³-hybridized carbons (Fsp3) is 0.125. The second-order valence-corrected chi connectivity index (χ2v) is 2.21. The second kappa shape index (κ2) is 3.13. The fourth-order valence-electron chi connectivity index (χ4n) is 0.900. The van der Waals surface area contributed by atoms with E-state index in [-0.39, 0.29) is 11.3 Å². The van der Waals surface area contributed by atoms with Gasteiger partial charge in [-0.25, -0.2) is 0 Å². The molecule has 4 heteroatoms. The number of hydrogen-bond acceptors (Lipinski definition) is 4. The number of benzene rings is 1. The molecule has 0 saturated carbocycles. The summed E-state index contributed by atoms with van der Waals surface area (Å²) in [6.45, 7) is 0. The molecular formula is C8H8NO3-. The number of carboxylic acid groups (broad SMARTS) is 1. The molecule has 12 heavy (non-hydrogen) atoms. The molecule has 0 heterocycles. The number of hydrogen-bond donors (Lipinski definition) is 1. The SMILES string of the molecule is COc1cccc(C(=O)[O-])c1N. The molecule has 0 saturated heterocycles. The largest absolute Gasteiger partial charge is 0.545 e. The molecule has 64 valence electrons. The zero-order chi connectivity index (χ0) is 9.14. The number of nitrogens with two attached hydrogens (primary N) is 1. The molecular weight excluding hydrogens is 158 g/mol. The third-order valence-electron chi connectivity index (χ3n) is 1.51. The normalized spacial score (nSPS) is 9.42. The number of para-hydroxylation sites is 1. The van der Waals surface area contributed by atoms with Gasteiger partial charge in [0.1, 0.15) is 5.75 Å². The number of methoxy groups -OCH3 is 1. The zero-order valence-corrected chi connectivity index (χ0v) is 6.53. The third kappa shape index (κ3) is 1.32. The summed E-state index contributed by atoms with van der Waals surface area (Å²) in [7, 11) is 1.42. The minimum atomic E-state index is -1.30. The topological polar surface area (TPSA) is 75.4 Å². The number of rotatable bonds is 2. The lowest BCUT2D eigenvalue weighted by molar-refractivity contribution is -0.254. The predicted octanol–water partition coefficient (Wildman–Crippen LogP) is -0.359. The molecule has 0 fully saturated rings. The molecule has 0 aliphatic rings. The first-order chi connectivity index (χ1) is 5.66. The number of nitrogen functional groups attached to an aromatic ring is 1. The zero-order valence-electron chi connectivity index (χ0n) is 6.53. The van der Waals surface area contributed by atoms with E-state index in [9.17, 15) is 9.90 Å². The Morgan fingerprint density at radius 3 is 2.75 bits per heavy atom. The summed E-state index contributed by atoms with van der Waals surface area (Å²) in [5.74, 6) is -0.955. The van der Waals surface area contributed by atoms with Crippen molar-refractivity contribution in [2.75, 3.05) is 12.8 Å². The van der Waals surface area contributed by atoms with E-state index in [1.165, 1.54) is 13.2 Å². The summed E-state index contributed by atoms with van der Waals surface area (Å²) in [5.41, 5.74) is 5.50. The molecule has 0 aliphatic heterocycles. The number of carbonyl (C=O) groups is 1. The van der Waals surface area contributed by atoms with Gasteiger partial charge in [-0.2, -0.15) is 0 Å². The van der Waals surface area contributed by atoms with Crippen molar-refractivity contribution in [2.45, 2.75) is 0 Å². The van der Waals surface area contributed by atoms with Crippen molar-refractivity contribution in [3.8, 4) is 5.75 Å². The minimum Gasteiger partial charge on any atom is -0.545 e. The molecule has 0 bridgehead atoms. The van der Waals surface area contributed by atoms with Gasteiger partial charge >= 0.3 is 0 Å². The summed E-state index contributed by atoms with van der Waals surface area (Å²) < 4.78 is 4.82. The van der Waals surface area contributed by atoms with E-state index in [4.69, 9.17) is 10.5 Å². The molecule has 0 aromatic heterocycles. The van der Waals surface area contributed by atoms with Gasteiger partial charge in [-0.3, -0.25) is 0 Å². The van der Waals surface area contributed by atoms with Gasteiger partial charge in [0, 0.05) is 5.56 Å². The van der Waals surface area contributed by atoms with Crippen LogP contribution in [0.25, 0.3) is 0 Å². The molecule has 0 radical (unpaired) electrons. The van der Waals surface area contributed by atoms with Gasteiger partial charge < -0.3 is 20.4 Å². The van der Waals surface area contributed by atoms with Crippen LogP contribution in [0.15, 0.2) is 18.2 Å². The summed E-state index contributed by atoms with van der Waals surface area (Å²) >= 11 is 0. The monoisotopic (exact) mass is 166 g/mol. The van der Waals surface area contributed by atoms with Crippen LogP contribution in [-0.2, 0) is 0 Å². The highest BCUT2D eigenvalue weighted by Crippen LogP contribution is 2.23. The highest BCUT2D eigenvalue weighted by atomic mass is 16.5. The van der Waals surface area contributed by atoms with Crippen LogP contribution in [0.1, 0.15) is 10.4 Å². The van der Waals surface area contributed by atoms with Crippen LogP contribution in [0.2, 0.25) is 0 Å². The van der Waals surface area contributed by atoms with E-state index in [1.54, 1.807) is 12.1 Å². The number of aromatic carboxylic acids is 1. The molecule has 4 nitrogen and oxygen atoms in total. The first-order valence-corrected chi connectivity index (χ1v) is 3.30. The van der Waals surface area contributed by atoms with Gasteiger partial charge in [-0.05, 0) is 6.07 Å². The first-order valence-electron chi connectivity index (χ1n) is 3.30. The van der Waals surface area contributed by atoms with Crippen LogP contribution in [-0.4, -0.2) is 13.1 Å². The average molecular weight is 166 g/mol. The van der Waals surface area contributed by atoms with Crippen LogP contribution in [0.4, 0.5) is 5.69 Å². The fourth-order valence-corrected chi connectivity index (χ4v) is 0.900. The van der Waals surface area contributed by atoms with Crippen LogP contribution >= 0.6 is 0 Å². The van der Waals surface area contributed by atoms with Crippen LogP contribution in [0, 0.1) is 0 Å². The van der Waals surface area contributed by atoms with E-state index in [2.05, 4.69) is 0 Å². The highest BCUT2D eigenvalue weighted by Gasteiger charge is 2.04. The van der Waals surface area contributed by atoms with E-state index in [1.807, 2.05) is 0 Å². The molecule has 0 aliphatic carbocycles. The van der Waals surface area contributed by atoms with E-state index >= 15 is 0 Å². The quantitative estimate of drug-likeness (QED) is 0.609. The molecule has 1 rings (SSSR count). The lowest BCUT2D eigenvalue weighted by Crippen LogP contribution is -2.23. The third-order valence-corrected chi connectivity index (χ3v) is 1.51. The van der Waals surface area contributed by atoms with Crippen molar-refractivity contribution >= 4 is 11.7 Å². The Labute approximate surface area is 69.6 Å². The van der Waals surface area contributed by atoms with Gasteiger partial charge in [-0.15, -0.1) is 0 Å². The van der Waals surface area contributed by atoms with Gasteiger partial charge in [0.2, 0.25) is 0 Å². The standard InChI is InChI=1S/C8H9NO3/c1-12-6-4-2-3-5(7(6)9)8(10)11/h2-4H,9H2,1H3,(H,10,11)/p-1. The van der Waals surface area contributed by atoms with E-state index in [0.717, 1.165) is 0 Å². The second-order valence-electron chi connectivity index (χ2n) is 2.21. The van der Waals surface area contributed by atoms with Crippen LogP contribution in [0.3, 0.4) is 0 Å². The summed E-state index contributed by atoms with van der Waals surface area (Å²) in [6, 6.07) is 4.50. The van der Waals surface area contributed by atoms with Gasteiger partial charge in [0.15, 0.2) is 0 Å². The van der Waals surface area contributed by atoms with E-state index in [0.29, 0.717) is 5.75 Å². The summed E-state index contributed by atoms with van der Waals surface area (Å²) in [5, 5.41) is 10.4. The Kier molecular flexibility index (Phi) is 2.19. The molecule has 0 amide bonds.